The highest BCUT2D eigenvalue weighted by Crippen LogP contribution is 2.13. The molecule has 1 saturated heterocycles. The van der Waals surface area contributed by atoms with Gasteiger partial charge >= 0.3 is 6.09 Å². The molecule has 0 bridgehead atoms. The fourth-order valence-electron chi connectivity index (χ4n) is 1.52. The normalized spacial score (nSPS) is 15.4. The van der Waals surface area contributed by atoms with Gasteiger partial charge in [0.05, 0.1) is 0 Å². The van der Waals surface area contributed by atoms with Crippen molar-refractivity contribution < 1.29 is 9.53 Å². The Bertz CT molecular complexity index is 359. The summed E-state index contributed by atoms with van der Waals surface area (Å²) in [4.78, 5) is 11.6. The number of rotatable bonds is 1. The summed E-state index contributed by atoms with van der Waals surface area (Å²) in [5.74, 6) is 0.591. The maximum atomic E-state index is 11.6. The third-order valence-electron chi connectivity index (χ3n) is 2.28. The standard InChI is InChI=1S/C11H14N2O2/c1-9-4-2-5-10(8-9)15-11(14)13-7-3-6-12-13/h2,4-5,8,12H,3,6-7H2,1H3. The van der Waals surface area contributed by atoms with Crippen LogP contribution in [0.15, 0.2) is 24.3 Å². The fraction of sp³-hybridized carbons (Fsp3) is 0.364. The number of hydrazine groups is 1. The van der Waals surface area contributed by atoms with E-state index < -0.39 is 0 Å². The molecular weight excluding hydrogens is 192 g/mol. The number of carbonyl (C=O) groups excluding carboxylic acids is 1. The molecule has 1 amide bonds. The number of aryl methyl sites for hydroxylation is 1. The summed E-state index contributed by atoms with van der Waals surface area (Å²) < 4.78 is 5.20. The van der Waals surface area contributed by atoms with Gasteiger partial charge in [-0.2, -0.15) is 0 Å². The minimum Gasteiger partial charge on any atom is -0.409 e. The predicted octanol–water partition coefficient (Wildman–Crippen LogP) is 1.70. The summed E-state index contributed by atoms with van der Waals surface area (Å²) in [5, 5.41) is 1.50. The van der Waals surface area contributed by atoms with Crippen LogP contribution in [0.25, 0.3) is 0 Å². The molecule has 2 rings (SSSR count). The predicted molar refractivity (Wildman–Crippen MR) is 56.5 cm³/mol. The van der Waals surface area contributed by atoms with Crippen LogP contribution in [0, 0.1) is 6.92 Å². The lowest BCUT2D eigenvalue weighted by Gasteiger charge is -2.14. The summed E-state index contributed by atoms with van der Waals surface area (Å²) in [7, 11) is 0. The number of hydrogen-bond donors (Lipinski definition) is 1. The molecule has 1 aromatic rings. The third-order valence-corrected chi connectivity index (χ3v) is 2.28. The van der Waals surface area contributed by atoms with E-state index in [1.54, 1.807) is 6.07 Å². The Balaban J connectivity index is 1.99. The lowest BCUT2D eigenvalue weighted by Crippen LogP contribution is -2.38. The van der Waals surface area contributed by atoms with Crippen molar-refractivity contribution in [3.8, 4) is 5.75 Å². The van der Waals surface area contributed by atoms with Crippen molar-refractivity contribution in [2.75, 3.05) is 13.1 Å². The van der Waals surface area contributed by atoms with E-state index in [4.69, 9.17) is 4.74 Å². The van der Waals surface area contributed by atoms with Gasteiger partial charge in [-0.05, 0) is 31.0 Å². The van der Waals surface area contributed by atoms with E-state index >= 15 is 0 Å². The van der Waals surface area contributed by atoms with Gasteiger partial charge in [-0.15, -0.1) is 0 Å². The number of hydrogen-bond acceptors (Lipinski definition) is 3. The Labute approximate surface area is 88.8 Å². The van der Waals surface area contributed by atoms with Gasteiger partial charge in [-0.3, -0.25) is 0 Å². The van der Waals surface area contributed by atoms with E-state index in [1.807, 2.05) is 25.1 Å². The number of nitrogens with zero attached hydrogens (tertiary/aromatic N) is 1. The zero-order valence-electron chi connectivity index (χ0n) is 8.69. The first-order valence-corrected chi connectivity index (χ1v) is 5.05. The summed E-state index contributed by atoms with van der Waals surface area (Å²) in [6.07, 6.45) is 0.640. The number of nitrogens with one attached hydrogen (secondary N) is 1. The quantitative estimate of drug-likeness (QED) is 0.760. The summed E-state index contributed by atoms with van der Waals surface area (Å²) in [6.45, 7) is 3.51. The topological polar surface area (TPSA) is 41.6 Å². The van der Waals surface area contributed by atoms with Crippen LogP contribution in [0.2, 0.25) is 0 Å². The first kappa shape index (κ1) is 9.98. The number of amides is 1. The highest BCUT2D eigenvalue weighted by atomic mass is 16.6. The molecule has 4 heteroatoms. The van der Waals surface area contributed by atoms with Crippen LogP contribution in [0.3, 0.4) is 0 Å². The molecule has 80 valence electrons. The van der Waals surface area contributed by atoms with Gasteiger partial charge < -0.3 is 4.74 Å². The molecule has 0 spiro atoms. The van der Waals surface area contributed by atoms with Crippen LogP contribution in [0.1, 0.15) is 12.0 Å². The van der Waals surface area contributed by atoms with E-state index in [-0.39, 0.29) is 6.09 Å². The van der Waals surface area contributed by atoms with Crippen LogP contribution in [0.4, 0.5) is 4.79 Å². The first-order valence-electron chi connectivity index (χ1n) is 5.05. The summed E-state index contributed by atoms with van der Waals surface area (Å²) >= 11 is 0. The van der Waals surface area contributed by atoms with Crippen molar-refractivity contribution in [3.63, 3.8) is 0 Å². The van der Waals surface area contributed by atoms with Crippen LogP contribution in [-0.4, -0.2) is 24.2 Å². The van der Waals surface area contributed by atoms with E-state index in [0.717, 1.165) is 18.5 Å². The van der Waals surface area contributed by atoms with Crippen molar-refractivity contribution in [3.05, 3.63) is 29.8 Å². The molecule has 1 heterocycles. The van der Waals surface area contributed by atoms with Crippen molar-refractivity contribution in [1.29, 1.82) is 0 Å². The molecule has 0 radical (unpaired) electrons. The Morgan fingerprint density at radius 1 is 1.53 bits per heavy atom. The van der Waals surface area contributed by atoms with Crippen LogP contribution in [0.5, 0.6) is 5.75 Å². The number of ether oxygens (including phenoxy) is 1. The average Bonchev–Trinajstić information content (AvgIpc) is 2.70. The largest absolute Gasteiger partial charge is 0.429 e. The minimum atomic E-state index is -0.335. The second-order valence-corrected chi connectivity index (χ2v) is 3.60. The summed E-state index contributed by atoms with van der Waals surface area (Å²) in [6, 6.07) is 7.45. The van der Waals surface area contributed by atoms with Gasteiger partial charge in [0.15, 0.2) is 0 Å². The van der Waals surface area contributed by atoms with Gasteiger partial charge in [0.2, 0.25) is 0 Å². The van der Waals surface area contributed by atoms with E-state index in [9.17, 15) is 4.79 Å². The molecule has 0 unspecified atom stereocenters. The van der Waals surface area contributed by atoms with Crippen molar-refractivity contribution in [1.82, 2.24) is 10.4 Å². The zero-order chi connectivity index (χ0) is 10.7. The lowest BCUT2D eigenvalue weighted by atomic mass is 10.2. The second kappa shape index (κ2) is 4.31. The molecule has 1 N–H and O–H groups in total. The van der Waals surface area contributed by atoms with Gasteiger partial charge in [0.25, 0.3) is 0 Å². The molecule has 0 aliphatic carbocycles. The SMILES string of the molecule is Cc1cccc(OC(=O)N2CCCN2)c1. The Morgan fingerprint density at radius 2 is 2.40 bits per heavy atom. The molecular formula is C11H14N2O2. The first-order chi connectivity index (χ1) is 7.25. The number of carbonyl (C=O) groups is 1. The van der Waals surface area contributed by atoms with E-state index in [0.29, 0.717) is 12.3 Å². The molecule has 1 aromatic carbocycles. The van der Waals surface area contributed by atoms with Crippen LogP contribution >= 0.6 is 0 Å². The molecule has 1 aliphatic heterocycles. The van der Waals surface area contributed by atoms with Gasteiger partial charge in [-0.25, -0.2) is 15.2 Å². The Kier molecular flexibility index (Phi) is 2.87. The molecule has 4 nitrogen and oxygen atoms in total. The lowest BCUT2D eigenvalue weighted by molar-refractivity contribution is 0.145. The molecule has 0 aromatic heterocycles. The highest BCUT2D eigenvalue weighted by Gasteiger charge is 2.19. The van der Waals surface area contributed by atoms with Gasteiger partial charge in [0, 0.05) is 13.1 Å². The molecule has 1 fully saturated rings. The third kappa shape index (κ3) is 2.47. The summed E-state index contributed by atoms with van der Waals surface area (Å²) in [5.41, 5.74) is 4.03. The average molecular weight is 206 g/mol. The second-order valence-electron chi connectivity index (χ2n) is 3.60. The van der Waals surface area contributed by atoms with Gasteiger partial charge in [0.1, 0.15) is 5.75 Å². The fourth-order valence-corrected chi connectivity index (χ4v) is 1.52. The van der Waals surface area contributed by atoms with E-state index in [1.165, 1.54) is 5.01 Å². The maximum Gasteiger partial charge on any atom is 0.429 e. The Hall–Kier alpha value is -1.55. The molecule has 0 saturated carbocycles. The van der Waals surface area contributed by atoms with E-state index in [2.05, 4.69) is 5.43 Å². The smallest absolute Gasteiger partial charge is 0.409 e. The van der Waals surface area contributed by atoms with Crippen molar-refractivity contribution in [2.24, 2.45) is 0 Å². The minimum absolute atomic E-state index is 0.335. The maximum absolute atomic E-state index is 11.6. The monoisotopic (exact) mass is 206 g/mol. The number of benzene rings is 1. The highest BCUT2D eigenvalue weighted by molar-refractivity contribution is 5.70. The molecule has 0 atom stereocenters. The van der Waals surface area contributed by atoms with Crippen molar-refractivity contribution in [2.45, 2.75) is 13.3 Å². The molecule has 1 aliphatic rings. The van der Waals surface area contributed by atoms with Gasteiger partial charge in [-0.1, -0.05) is 12.1 Å². The zero-order valence-corrected chi connectivity index (χ0v) is 8.69. The Morgan fingerprint density at radius 3 is 3.07 bits per heavy atom. The van der Waals surface area contributed by atoms with Crippen LogP contribution in [-0.2, 0) is 0 Å². The van der Waals surface area contributed by atoms with Crippen LogP contribution < -0.4 is 10.2 Å². The molecule has 15 heavy (non-hydrogen) atoms. The van der Waals surface area contributed by atoms with Crippen molar-refractivity contribution >= 4 is 6.09 Å².